The van der Waals surface area contributed by atoms with Gasteiger partial charge in [-0.1, -0.05) is 45.6 Å². The zero-order chi connectivity index (χ0) is 16.9. The van der Waals surface area contributed by atoms with Gasteiger partial charge >= 0.3 is 6.01 Å². The quantitative estimate of drug-likeness (QED) is 0.612. The van der Waals surface area contributed by atoms with E-state index in [-0.39, 0.29) is 6.10 Å². The van der Waals surface area contributed by atoms with Crippen LogP contribution in [-0.2, 0) is 0 Å². The third-order valence-electron chi connectivity index (χ3n) is 3.48. The number of halogens is 1. The lowest BCUT2D eigenvalue weighted by molar-refractivity contribution is 0.166. The number of hydrogen-bond acceptors (Lipinski definition) is 5. The maximum absolute atomic E-state index is 5.94. The highest BCUT2D eigenvalue weighted by molar-refractivity contribution is 9.10. The van der Waals surface area contributed by atoms with Gasteiger partial charge in [-0.15, -0.1) is 5.10 Å². The molecule has 0 aliphatic carbocycles. The van der Waals surface area contributed by atoms with E-state index in [1.807, 2.05) is 62.4 Å². The van der Waals surface area contributed by atoms with Crippen molar-refractivity contribution in [2.24, 2.45) is 0 Å². The van der Waals surface area contributed by atoms with E-state index in [9.17, 15) is 0 Å². The maximum Gasteiger partial charge on any atom is 0.320 e. The van der Waals surface area contributed by atoms with E-state index >= 15 is 0 Å². The van der Waals surface area contributed by atoms with Gasteiger partial charge in [-0.25, -0.2) is 0 Å². The summed E-state index contributed by atoms with van der Waals surface area (Å²) in [5, 5.41) is 11.2. The summed E-state index contributed by atoms with van der Waals surface area (Å²) in [6, 6.07) is 16.0. The van der Waals surface area contributed by atoms with Crippen molar-refractivity contribution in [3.63, 3.8) is 0 Å². The number of aromatic nitrogens is 2. The Morgan fingerprint density at radius 2 is 1.79 bits per heavy atom. The molecule has 1 aromatic heterocycles. The molecule has 24 heavy (non-hydrogen) atoms. The second-order valence-corrected chi connectivity index (χ2v) is 6.32. The SMILES string of the molecule is CCC(Oc1ccc(Br)cc1)c1nnc(Nc2ccc(C)cc2)o1. The third-order valence-corrected chi connectivity index (χ3v) is 4.01. The average molecular weight is 388 g/mol. The summed E-state index contributed by atoms with van der Waals surface area (Å²) >= 11 is 3.41. The van der Waals surface area contributed by atoms with Crippen LogP contribution in [0.1, 0.15) is 30.9 Å². The summed E-state index contributed by atoms with van der Waals surface area (Å²) in [5.41, 5.74) is 2.10. The lowest BCUT2D eigenvalue weighted by Crippen LogP contribution is -2.06. The third kappa shape index (κ3) is 4.14. The summed E-state index contributed by atoms with van der Waals surface area (Å²) in [5.74, 6) is 1.21. The topological polar surface area (TPSA) is 60.2 Å². The molecule has 1 N–H and O–H groups in total. The minimum Gasteiger partial charge on any atom is -0.481 e. The number of anilines is 2. The van der Waals surface area contributed by atoms with Gasteiger partial charge in [0.1, 0.15) is 5.75 Å². The largest absolute Gasteiger partial charge is 0.481 e. The Morgan fingerprint density at radius 1 is 1.08 bits per heavy atom. The molecule has 124 valence electrons. The Balaban J connectivity index is 1.70. The number of hydrogen-bond donors (Lipinski definition) is 1. The van der Waals surface area contributed by atoms with Crippen LogP contribution in [0, 0.1) is 6.92 Å². The van der Waals surface area contributed by atoms with Gasteiger partial charge in [0.15, 0.2) is 6.10 Å². The van der Waals surface area contributed by atoms with Crippen molar-refractivity contribution in [3.8, 4) is 5.75 Å². The van der Waals surface area contributed by atoms with Crippen LogP contribution in [0.3, 0.4) is 0 Å². The molecular formula is C18H18BrN3O2. The van der Waals surface area contributed by atoms with Crippen LogP contribution in [0.15, 0.2) is 57.4 Å². The Hall–Kier alpha value is -2.34. The van der Waals surface area contributed by atoms with Crippen LogP contribution in [0.5, 0.6) is 5.75 Å². The van der Waals surface area contributed by atoms with Gasteiger partial charge in [-0.05, 0) is 49.7 Å². The molecule has 0 radical (unpaired) electrons. The molecule has 6 heteroatoms. The summed E-state index contributed by atoms with van der Waals surface area (Å²) in [4.78, 5) is 0. The highest BCUT2D eigenvalue weighted by Gasteiger charge is 2.19. The van der Waals surface area contributed by atoms with E-state index in [2.05, 4.69) is 31.4 Å². The summed E-state index contributed by atoms with van der Waals surface area (Å²) in [7, 11) is 0. The molecule has 1 unspecified atom stereocenters. The highest BCUT2D eigenvalue weighted by atomic mass is 79.9. The van der Waals surface area contributed by atoms with Gasteiger partial charge in [-0.3, -0.25) is 0 Å². The predicted octanol–water partition coefficient (Wildman–Crippen LogP) is 5.41. The van der Waals surface area contributed by atoms with Crippen LogP contribution < -0.4 is 10.1 Å². The highest BCUT2D eigenvalue weighted by Crippen LogP contribution is 2.26. The van der Waals surface area contributed by atoms with E-state index in [0.717, 1.165) is 22.3 Å². The smallest absolute Gasteiger partial charge is 0.320 e. The van der Waals surface area contributed by atoms with Crippen molar-refractivity contribution < 1.29 is 9.15 Å². The molecule has 3 aromatic rings. The molecule has 1 heterocycles. The molecule has 0 amide bonds. The first-order chi connectivity index (χ1) is 11.6. The van der Waals surface area contributed by atoms with Crippen LogP contribution in [0.4, 0.5) is 11.7 Å². The number of ether oxygens (including phenoxy) is 1. The number of rotatable bonds is 6. The fourth-order valence-corrected chi connectivity index (χ4v) is 2.43. The van der Waals surface area contributed by atoms with Crippen molar-refractivity contribution in [3.05, 3.63) is 64.5 Å². The van der Waals surface area contributed by atoms with Gasteiger partial charge in [0.25, 0.3) is 5.89 Å². The fraction of sp³-hybridized carbons (Fsp3) is 0.222. The first kappa shape index (κ1) is 16.5. The zero-order valence-electron chi connectivity index (χ0n) is 13.5. The van der Waals surface area contributed by atoms with Gasteiger partial charge in [0, 0.05) is 10.2 Å². The molecule has 3 rings (SSSR count). The van der Waals surface area contributed by atoms with Crippen molar-refractivity contribution >= 4 is 27.6 Å². The Morgan fingerprint density at radius 3 is 2.46 bits per heavy atom. The monoisotopic (exact) mass is 387 g/mol. The number of aryl methyl sites for hydroxylation is 1. The van der Waals surface area contributed by atoms with E-state index < -0.39 is 0 Å². The van der Waals surface area contributed by atoms with E-state index in [1.54, 1.807) is 0 Å². The molecule has 0 aliphatic rings. The number of benzene rings is 2. The molecule has 0 aliphatic heterocycles. The lowest BCUT2D eigenvalue weighted by Gasteiger charge is -2.13. The summed E-state index contributed by atoms with van der Waals surface area (Å²) in [6.07, 6.45) is 0.439. The first-order valence-corrected chi connectivity index (χ1v) is 8.52. The second kappa shape index (κ2) is 7.49. The van der Waals surface area contributed by atoms with Crippen LogP contribution >= 0.6 is 15.9 Å². The van der Waals surface area contributed by atoms with Gasteiger partial charge in [-0.2, -0.15) is 0 Å². The van der Waals surface area contributed by atoms with Crippen LogP contribution in [-0.4, -0.2) is 10.2 Å². The minimum atomic E-state index is -0.285. The molecule has 0 bridgehead atoms. The molecule has 0 spiro atoms. The van der Waals surface area contributed by atoms with Crippen molar-refractivity contribution in [1.29, 1.82) is 0 Å². The molecular weight excluding hydrogens is 370 g/mol. The minimum absolute atomic E-state index is 0.285. The first-order valence-electron chi connectivity index (χ1n) is 7.73. The lowest BCUT2D eigenvalue weighted by atomic mass is 10.2. The van der Waals surface area contributed by atoms with Gasteiger partial charge in [0.05, 0.1) is 0 Å². The second-order valence-electron chi connectivity index (χ2n) is 5.41. The molecule has 0 saturated carbocycles. The standard InChI is InChI=1S/C18H18BrN3O2/c1-3-16(23-15-10-6-13(19)7-11-15)17-21-22-18(24-17)20-14-8-4-12(2)5-9-14/h4-11,16H,3H2,1-2H3,(H,20,22). The number of nitrogens with one attached hydrogen (secondary N) is 1. The Labute approximate surface area is 149 Å². The Kier molecular flexibility index (Phi) is 5.15. The molecule has 2 aromatic carbocycles. The number of nitrogens with zero attached hydrogens (tertiary/aromatic N) is 2. The molecule has 1 atom stereocenters. The van der Waals surface area contributed by atoms with Crippen LogP contribution in [0.2, 0.25) is 0 Å². The fourth-order valence-electron chi connectivity index (χ4n) is 2.16. The van der Waals surface area contributed by atoms with Crippen molar-refractivity contribution in [2.75, 3.05) is 5.32 Å². The van der Waals surface area contributed by atoms with Crippen molar-refractivity contribution in [2.45, 2.75) is 26.4 Å². The van der Waals surface area contributed by atoms with E-state index in [1.165, 1.54) is 5.56 Å². The van der Waals surface area contributed by atoms with E-state index in [4.69, 9.17) is 9.15 Å². The van der Waals surface area contributed by atoms with Crippen LogP contribution in [0.25, 0.3) is 0 Å². The average Bonchev–Trinajstić information content (AvgIpc) is 3.05. The normalized spacial score (nSPS) is 12.0. The van der Waals surface area contributed by atoms with Crippen molar-refractivity contribution in [1.82, 2.24) is 10.2 Å². The molecule has 0 fully saturated rings. The molecule has 5 nitrogen and oxygen atoms in total. The van der Waals surface area contributed by atoms with E-state index in [0.29, 0.717) is 11.9 Å². The van der Waals surface area contributed by atoms with Gasteiger partial charge in [0.2, 0.25) is 0 Å². The maximum atomic E-state index is 5.94. The summed E-state index contributed by atoms with van der Waals surface area (Å²) in [6.45, 7) is 4.06. The zero-order valence-corrected chi connectivity index (χ0v) is 15.1. The Bertz CT molecular complexity index is 785. The summed E-state index contributed by atoms with van der Waals surface area (Å²) < 4.78 is 12.6. The molecule has 0 saturated heterocycles. The van der Waals surface area contributed by atoms with Gasteiger partial charge < -0.3 is 14.5 Å². The predicted molar refractivity (Wildman–Crippen MR) is 96.6 cm³/mol.